The van der Waals surface area contributed by atoms with E-state index in [9.17, 15) is 8.78 Å². The van der Waals surface area contributed by atoms with Gasteiger partial charge in [0, 0.05) is 16.7 Å². The smallest absolute Gasteiger partial charge is 0.141 e. The number of thioether (sulfide) groups is 1. The lowest BCUT2D eigenvalue weighted by Gasteiger charge is -2.12. The first-order valence-electron chi connectivity index (χ1n) is 6.13. The van der Waals surface area contributed by atoms with E-state index >= 15 is 0 Å². The van der Waals surface area contributed by atoms with Crippen molar-refractivity contribution in [2.75, 3.05) is 5.75 Å². The zero-order valence-corrected chi connectivity index (χ0v) is 12.2. The Morgan fingerprint density at radius 1 is 1.10 bits per heavy atom. The van der Waals surface area contributed by atoms with Crippen molar-refractivity contribution in [1.82, 2.24) is 0 Å². The van der Waals surface area contributed by atoms with Crippen molar-refractivity contribution < 1.29 is 8.78 Å². The molecule has 0 spiro atoms. The molecule has 2 aromatic carbocycles. The van der Waals surface area contributed by atoms with Gasteiger partial charge in [0.05, 0.1) is 5.02 Å². The Labute approximate surface area is 126 Å². The van der Waals surface area contributed by atoms with Crippen molar-refractivity contribution in [3.63, 3.8) is 0 Å². The average Bonchev–Trinajstić information content (AvgIpc) is 2.42. The quantitative estimate of drug-likeness (QED) is 0.834. The maximum absolute atomic E-state index is 13.4. The minimum absolute atomic E-state index is 0.0939. The van der Waals surface area contributed by atoms with Crippen molar-refractivity contribution in [2.24, 2.45) is 5.73 Å². The van der Waals surface area contributed by atoms with Crippen molar-refractivity contribution in [1.29, 1.82) is 0 Å². The second-order valence-corrected chi connectivity index (χ2v) is 5.92. The van der Waals surface area contributed by atoms with Crippen LogP contribution in [-0.2, 0) is 6.42 Å². The van der Waals surface area contributed by atoms with Gasteiger partial charge in [-0.05, 0) is 36.2 Å². The molecule has 20 heavy (non-hydrogen) atoms. The van der Waals surface area contributed by atoms with Gasteiger partial charge < -0.3 is 5.73 Å². The van der Waals surface area contributed by atoms with Gasteiger partial charge >= 0.3 is 0 Å². The number of nitrogens with two attached hydrogens (primary N) is 1. The summed E-state index contributed by atoms with van der Waals surface area (Å²) in [5, 5.41) is 0.0939. The van der Waals surface area contributed by atoms with Crippen molar-refractivity contribution in [3.8, 4) is 0 Å². The number of rotatable bonds is 5. The van der Waals surface area contributed by atoms with Crippen molar-refractivity contribution >= 4 is 23.4 Å². The first-order valence-corrected chi connectivity index (χ1v) is 7.49. The molecule has 5 heteroatoms. The van der Waals surface area contributed by atoms with E-state index in [2.05, 4.69) is 0 Å². The highest BCUT2D eigenvalue weighted by molar-refractivity contribution is 7.99. The van der Waals surface area contributed by atoms with Crippen LogP contribution < -0.4 is 5.73 Å². The van der Waals surface area contributed by atoms with Gasteiger partial charge in [0.1, 0.15) is 11.6 Å². The van der Waals surface area contributed by atoms with Crippen molar-refractivity contribution in [3.05, 3.63) is 64.7 Å². The summed E-state index contributed by atoms with van der Waals surface area (Å²) in [5.74, 6) is -0.102. The number of hydrogen-bond acceptors (Lipinski definition) is 2. The summed E-state index contributed by atoms with van der Waals surface area (Å²) < 4.78 is 26.5. The van der Waals surface area contributed by atoms with Crippen LogP contribution in [0.2, 0.25) is 5.02 Å². The average molecular weight is 314 g/mol. The molecule has 2 N–H and O–H groups in total. The minimum Gasteiger partial charge on any atom is -0.327 e. The fraction of sp³-hybridized carbons (Fsp3) is 0.200. The van der Waals surface area contributed by atoms with E-state index in [4.69, 9.17) is 17.3 Å². The Kier molecular flexibility index (Phi) is 5.40. The SMILES string of the molecule is NC(CSc1ccccc1F)Cc1ccc(F)c(Cl)c1. The maximum atomic E-state index is 13.4. The molecule has 0 aliphatic rings. The van der Waals surface area contributed by atoms with Gasteiger partial charge in [-0.1, -0.05) is 29.8 Å². The van der Waals surface area contributed by atoms with Crippen LogP contribution in [0.25, 0.3) is 0 Å². The second kappa shape index (κ2) is 7.07. The summed E-state index contributed by atoms with van der Waals surface area (Å²) in [6, 6.07) is 11.0. The van der Waals surface area contributed by atoms with Crippen LogP contribution in [0.1, 0.15) is 5.56 Å². The third kappa shape index (κ3) is 4.20. The molecule has 1 nitrogen and oxygen atoms in total. The van der Waals surface area contributed by atoms with Crippen LogP contribution in [0.4, 0.5) is 8.78 Å². The molecule has 106 valence electrons. The molecule has 0 aromatic heterocycles. The topological polar surface area (TPSA) is 26.0 Å². The monoisotopic (exact) mass is 313 g/mol. The van der Waals surface area contributed by atoms with Gasteiger partial charge in [0.25, 0.3) is 0 Å². The summed E-state index contributed by atoms with van der Waals surface area (Å²) in [4.78, 5) is 0.583. The van der Waals surface area contributed by atoms with Gasteiger partial charge in [-0.25, -0.2) is 8.78 Å². The van der Waals surface area contributed by atoms with Crippen LogP contribution in [0.3, 0.4) is 0 Å². The van der Waals surface area contributed by atoms with E-state index in [1.54, 1.807) is 30.3 Å². The molecule has 2 rings (SSSR count). The zero-order valence-electron chi connectivity index (χ0n) is 10.7. The van der Waals surface area contributed by atoms with Gasteiger partial charge in [-0.2, -0.15) is 0 Å². The molecule has 0 amide bonds. The van der Waals surface area contributed by atoms with E-state index in [0.29, 0.717) is 17.1 Å². The third-order valence-electron chi connectivity index (χ3n) is 2.77. The Hall–Kier alpha value is -1.10. The van der Waals surface area contributed by atoms with E-state index in [0.717, 1.165) is 5.56 Å². The molecule has 0 fully saturated rings. The van der Waals surface area contributed by atoms with E-state index in [-0.39, 0.29) is 16.9 Å². The molecule has 0 aliphatic carbocycles. The van der Waals surface area contributed by atoms with Crippen LogP contribution in [0.15, 0.2) is 47.4 Å². The predicted molar refractivity (Wildman–Crippen MR) is 80.2 cm³/mol. The van der Waals surface area contributed by atoms with E-state index in [1.165, 1.54) is 23.9 Å². The lowest BCUT2D eigenvalue weighted by atomic mass is 10.1. The first kappa shape index (κ1) is 15.3. The van der Waals surface area contributed by atoms with Crippen LogP contribution >= 0.6 is 23.4 Å². The Morgan fingerprint density at radius 3 is 2.55 bits per heavy atom. The fourth-order valence-electron chi connectivity index (χ4n) is 1.79. The van der Waals surface area contributed by atoms with E-state index < -0.39 is 5.82 Å². The maximum Gasteiger partial charge on any atom is 0.141 e. The normalized spacial score (nSPS) is 12.4. The van der Waals surface area contributed by atoms with Gasteiger partial charge in [0.2, 0.25) is 0 Å². The molecule has 2 aromatic rings. The molecule has 0 saturated carbocycles. The second-order valence-electron chi connectivity index (χ2n) is 4.45. The van der Waals surface area contributed by atoms with Crippen LogP contribution in [0, 0.1) is 11.6 Å². The molecule has 0 saturated heterocycles. The largest absolute Gasteiger partial charge is 0.327 e. The highest BCUT2D eigenvalue weighted by Gasteiger charge is 2.09. The molecule has 0 heterocycles. The van der Waals surface area contributed by atoms with Crippen LogP contribution in [-0.4, -0.2) is 11.8 Å². The Balaban J connectivity index is 1.91. The number of hydrogen-bond donors (Lipinski definition) is 1. The minimum atomic E-state index is -0.440. The summed E-state index contributed by atoms with van der Waals surface area (Å²) in [7, 11) is 0. The molecule has 0 aliphatic heterocycles. The summed E-state index contributed by atoms with van der Waals surface area (Å²) in [6.07, 6.45) is 0.571. The zero-order chi connectivity index (χ0) is 14.5. The summed E-state index contributed by atoms with van der Waals surface area (Å²) in [6.45, 7) is 0. The lowest BCUT2D eigenvalue weighted by molar-refractivity contribution is 0.601. The molecule has 0 bridgehead atoms. The van der Waals surface area contributed by atoms with Gasteiger partial charge in [-0.3, -0.25) is 0 Å². The number of halogens is 3. The molecule has 0 radical (unpaired) electrons. The number of benzene rings is 2. The fourth-order valence-corrected chi connectivity index (χ4v) is 2.88. The lowest BCUT2D eigenvalue weighted by Crippen LogP contribution is -2.25. The Morgan fingerprint density at radius 2 is 1.85 bits per heavy atom. The van der Waals surface area contributed by atoms with Crippen LogP contribution in [0.5, 0.6) is 0 Å². The molecular formula is C15H14ClF2NS. The first-order chi connectivity index (χ1) is 9.56. The standard InChI is InChI=1S/C15H14ClF2NS/c16-12-8-10(5-6-13(12)17)7-11(19)9-20-15-4-2-1-3-14(15)18/h1-6,8,11H,7,9,19H2. The van der Waals surface area contributed by atoms with E-state index in [1.807, 2.05) is 0 Å². The predicted octanol–water partition coefficient (Wildman–Crippen LogP) is 4.28. The van der Waals surface area contributed by atoms with Crippen molar-refractivity contribution in [2.45, 2.75) is 17.4 Å². The van der Waals surface area contributed by atoms with Gasteiger partial charge in [-0.15, -0.1) is 11.8 Å². The highest BCUT2D eigenvalue weighted by Crippen LogP contribution is 2.23. The Bertz CT molecular complexity index is 592. The third-order valence-corrected chi connectivity index (χ3v) is 4.30. The molecule has 1 unspecified atom stereocenters. The highest BCUT2D eigenvalue weighted by atomic mass is 35.5. The summed E-state index contributed by atoms with van der Waals surface area (Å²) in [5.41, 5.74) is 6.88. The molecule has 1 atom stereocenters. The molecular weight excluding hydrogens is 300 g/mol. The van der Waals surface area contributed by atoms with Gasteiger partial charge in [0.15, 0.2) is 0 Å². The summed E-state index contributed by atoms with van der Waals surface area (Å²) >= 11 is 7.10.